The lowest BCUT2D eigenvalue weighted by Crippen LogP contribution is -2.30. The fourth-order valence-electron chi connectivity index (χ4n) is 1.52. The Hall–Kier alpha value is 0.1000. The summed E-state index contributed by atoms with van der Waals surface area (Å²) in [6, 6.07) is 2.18. The highest BCUT2D eigenvalue weighted by Crippen LogP contribution is 2.19. The van der Waals surface area contributed by atoms with Crippen LogP contribution in [0.1, 0.15) is 25.1 Å². The first-order valence-electron chi connectivity index (χ1n) is 6.20. The summed E-state index contributed by atoms with van der Waals surface area (Å²) in [5.41, 5.74) is 0. The Morgan fingerprint density at radius 1 is 1.41 bits per heavy atom. The van der Waals surface area contributed by atoms with Crippen molar-refractivity contribution in [3.05, 3.63) is 20.8 Å². The zero-order valence-electron chi connectivity index (χ0n) is 11.0. The Bertz CT molecular complexity index is 312. The number of hydrogen-bond donors (Lipinski definition) is 1. The van der Waals surface area contributed by atoms with Gasteiger partial charge in [0.25, 0.3) is 0 Å². The van der Waals surface area contributed by atoms with Crippen molar-refractivity contribution in [2.45, 2.75) is 26.8 Å². The second-order valence-electron chi connectivity index (χ2n) is 4.89. The Labute approximate surface area is 118 Å². The predicted molar refractivity (Wildman–Crippen MR) is 80.7 cm³/mol. The van der Waals surface area contributed by atoms with E-state index in [2.05, 4.69) is 58.5 Å². The summed E-state index contributed by atoms with van der Waals surface area (Å²) >= 11 is 5.27. The fraction of sp³-hybridized carbons (Fsp3) is 0.692. The van der Waals surface area contributed by atoms with Gasteiger partial charge in [0.15, 0.2) is 0 Å². The predicted octanol–water partition coefficient (Wildman–Crippen LogP) is 3.58. The summed E-state index contributed by atoms with van der Waals surface area (Å²) in [5, 5.41) is 5.61. The van der Waals surface area contributed by atoms with E-state index in [9.17, 15) is 0 Å². The van der Waals surface area contributed by atoms with Crippen LogP contribution in [0.15, 0.2) is 15.9 Å². The minimum absolute atomic E-state index is 0.800. The van der Waals surface area contributed by atoms with E-state index in [-0.39, 0.29) is 0 Å². The van der Waals surface area contributed by atoms with Crippen molar-refractivity contribution in [1.82, 2.24) is 10.2 Å². The van der Waals surface area contributed by atoms with Crippen LogP contribution in [-0.4, -0.2) is 31.6 Å². The fourth-order valence-corrected chi connectivity index (χ4v) is 2.94. The summed E-state index contributed by atoms with van der Waals surface area (Å²) in [7, 11) is 2.20. The summed E-state index contributed by atoms with van der Waals surface area (Å²) in [4.78, 5) is 3.79. The molecular formula is C13H23BrN2S. The highest BCUT2D eigenvalue weighted by molar-refractivity contribution is 9.10. The molecule has 0 saturated heterocycles. The smallest absolute Gasteiger partial charge is 0.0300 e. The van der Waals surface area contributed by atoms with E-state index in [1.165, 1.54) is 22.3 Å². The molecule has 2 nitrogen and oxygen atoms in total. The Balaban J connectivity index is 2.03. The Morgan fingerprint density at radius 3 is 2.76 bits per heavy atom. The van der Waals surface area contributed by atoms with Crippen molar-refractivity contribution in [3.8, 4) is 0 Å². The summed E-state index contributed by atoms with van der Waals surface area (Å²) < 4.78 is 1.19. The van der Waals surface area contributed by atoms with E-state index in [1.807, 2.05) is 0 Å². The third-order valence-electron chi connectivity index (χ3n) is 2.68. The van der Waals surface area contributed by atoms with Crippen LogP contribution < -0.4 is 5.32 Å². The molecular weight excluding hydrogens is 296 g/mol. The SMILES string of the molecule is CC(C)CCN(C)CCNCc1cc(Br)cs1. The maximum Gasteiger partial charge on any atom is 0.0300 e. The molecule has 1 heterocycles. The summed E-state index contributed by atoms with van der Waals surface area (Å²) in [6.07, 6.45) is 1.29. The van der Waals surface area contributed by atoms with Crippen LogP contribution in [0.4, 0.5) is 0 Å². The van der Waals surface area contributed by atoms with Gasteiger partial charge in [-0.05, 0) is 47.9 Å². The number of rotatable bonds is 8. The second kappa shape index (κ2) is 8.25. The molecule has 0 atom stereocenters. The molecule has 0 aliphatic carbocycles. The molecule has 1 N–H and O–H groups in total. The van der Waals surface area contributed by atoms with Crippen molar-refractivity contribution < 1.29 is 0 Å². The van der Waals surface area contributed by atoms with Gasteiger partial charge < -0.3 is 10.2 Å². The third kappa shape index (κ3) is 7.19. The van der Waals surface area contributed by atoms with Crippen LogP contribution >= 0.6 is 27.3 Å². The molecule has 98 valence electrons. The topological polar surface area (TPSA) is 15.3 Å². The normalized spacial score (nSPS) is 11.6. The highest BCUT2D eigenvalue weighted by Gasteiger charge is 2.01. The molecule has 17 heavy (non-hydrogen) atoms. The standard InChI is InChI=1S/C13H23BrN2S/c1-11(2)4-6-16(3)7-5-15-9-13-8-12(14)10-17-13/h8,10-11,15H,4-7,9H2,1-3H3. The van der Waals surface area contributed by atoms with Gasteiger partial charge in [-0.15, -0.1) is 11.3 Å². The van der Waals surface area contributed by atoms with E-state index in [1.54, 1.807) is 11.3 Å². The molecule has 0 aromatic carbocycles. The van der Waals surface area contributed by atoms with E-state index in [4.69, 9.17) is 0 Å². The van der Waals surface area contributed by atoms with E-state index >= 15 is 0 Å². The molecule has 0 bridgehead atoms. The minimum Gasteiger partial charge on any atom is -0.311 e. The number of likely N-dealkylation sites (N-methyl/N-ethyl adjacent to an activating group) is 1. The number of halogens is 1. The van der Waals surface area contributed by atoms with E-state index in [0.29, 0.717) is 0 Å². The Morgan fingerprint density at radius 2 is 2.18 bits per heavy atom. The number of thiophene rings is 1. The lowest BCUT2D eigenvalue weighted by Gasteiger charge is -2.17. The van der Waals surface area contributed by atoms with E-state index < -0.39 is 0 Å². The average molecular weight is 319 g/mol. The van der Waals surface area contributed by atoms with Crippen LogP contribution in [0.3, 0.4) is 0 Å². The largest absolute Gasteiger partial charge is 0.311 e. The van der Waals surface area contributed by atoms with Crippen molar-refractivity contribution in [1.29, 1.82) is 0 Å². The Kier molecular flexibility index (Phi) is 7.35. The molecule has 0 fully saturated rings. The third-order valence-corrected chi connectivity index (χ3v) is 4.38. The molecule has 4 heteroatoms. The van der Waals surface area contributed by atoms with Gasteiger partial charge >= 0.3 is 0 Å². The van der Waals surface area contributed by atoms with Crippen molar-refractivity contribution in [2.75, 3.05) is 26.7 Å². The summed E-state index contributed by atoms with van der Waals surface area (Å²) in [6.45, 7) is 8.92. The summed E-state index contributed by atoms with van der Waals surface area (Å²) in [5.74, 6) is 0.800. The van der Waals surface area contributed by atoms with Gasteiger partial charge in [-0.3, -0.25) is 0 Å². The van der Waals surface area contributed by atoms with Crippen molar-refractivity contribution >= 4 is 27.3 Å². The van der Waals surface area contributed by atoms with Gasteiger partial charge in [0.2, 0.25) is 0 Å². The molecule has 1 aromatic rings. The first kappa shape index (κ1) is 15.2. The van der Waals surface area contributed by atoms with Crippen molar-refractivity contribution in [3.63, 3.8) is 0 Å². The molecule has 0 aliphatic rings. The monoisotopic (exact) mass is 318 g/mol. The number of hydrogen-bond acceptors (Lipinski definition) is 3. The number of nitrogens with one attached hydrogen (secondary N) is 1. The van der Waals surface area contributed by atoms with Crippen LogP contribution in [-0.2, 0) is 6.54 Å². The molecule has 0 amide bonds. The molecule has 1 aromatic heterocycles. The molecule has 1 rings (SSSR count). The molecule has 0 saturated carbocycles. The average Bonchev–Trinajstić information content (AvgIpc) is 2.68. The van der Waals surface area contributed by atoms with E-state index in [0.717, 1.165) is 25.6 Å². The lowest BCUT2D eigenvalue weighted by molar-refractivity contribution is 0.309. The van der Waals surface area contributed by atoms with Gasteiger partial charge in [-0.25, -0.2) is 0 Å². The van der Waals surface area contributed by atoms with Crippen LogP contribution in [0.25, 0.3) is 0 Å². The lowest BCUT2D eigenvalue weighted by atomic mass is 10.1. The van der Waals surface area contributed by atoms with Crippen LogP contribution in [0, 0.1) is 5.92 Å². The minimum atomic E-state index is 0.800. The zero-order chi connectivity index (χ0) is 12.7. The van der Waals surface area contributed by atoms with Crippen molar-refractivity contribution in [2.24, 2.45) is 5.92 Å². The van der Waals surface area contributed by atoms with Crippen LogP contribution in [0.5, 0.6) is 0 Å². The van der Waals surface area contributed by atoms with Gasteiger partial charge in [0.1, 0.15) is 0 Å². The molecule has 0 aliphatic heterocycles. The second-order valence-corrected chi connectivity index (χ2v) is 6.81. The van der Waals surface area contributed by atoms with Crippen LogP contribution in [0.2, 0.25) is 0 Å². The molecule has 0 spiro atoms. The zero-order valence-corrected chi connectivity index (χ0v) is 13.4. The molecule has 0 radical (unpaired) electrons. The maximum absolute atomic E-state index is 3.48. The quantitative estimate of drug-likeness (QED) is 0.737. The maximum atomic E-state index is 3.48. The first-order valence-corrected chi connectivity index (χ1v) is 7.87. The number of nitrogens with zero attached hydrogens (tertiary/aromatic N) is 1. The molecule has 0 unspecified atom stereocenters. The first-order chi connectivity index (χ1) is 8.08. The highest BCUT2D eigenvalue weighted by atomic mass is 79.9. The van der Waals surface area contributed by atoms with Gasteiger partial charge in [-0.1, -0.05) is 13.8 Å². The van der Waals surface area contributed by atoms with Gasteiger partial charge in [0.05, 0.1) is 0 Å². The van der Waals surface area contributed by atoms with Gasteiger partial charge in [0, 0.05) is 34.4 Å². The van der Waals surface area contributed by atoms with Gasteiger partial charge in [-0.2, -0.15) is 0 Å².